The van der Waals surface area contributed by atoms with E-state index in [0.717, 1.165) is 16.7 Å². The van der Waals surface area contributed by atoms with Crippen LogP contribution in [0.5, 0.6) is 11.5 Å². The van der Waals surface area contributed by atoms with Crippen LogP contribution < -0.4 is 0 Å². The number of nitrogens with zero attached hydrogens (tertiary/aromatic N) is 1. The highest BCUT2D eigenvalue weighted by Crippen LogP contribution is 2.35. The molecular formula is C13H11NO5S2. The summed E-state index contributed by atoms with van der Waals surface area (Å²) >= 11 is 6.02. The second-order valence-corrected chi connectivity index (χ2v) is 5.99. The van der Waals surface area contributed by atoms with Gasteiger partial charge in [0.2, 0.25) is 0 Å². The highest BCUT2D eigenvalue weighted by molar-refractivity contribution is 8.26. The molecule has 1 atom stereocenters. The lowest BCUT2D eigenvalue weighted by Crippen LogP contribution is -2.41. The van der Waals surface area contributed by atoms with E-state index >= 15 is 0 Å². The predicted molar refractivity (Wildman–Crippen MR) is 81.9 cm³/mol. The molecule has 0 saturated carbocycles. The summed E-state index contributed by atoms with van der Waals surface area (Å²) in [6.07, 6.45) is 1.48. The van der Waals surface area contributed by atoms with E-state index < -0.39 is 17.9 Å². The molecule has 1 amide bonds. The van der Waals surface area contributed by atoms with Crippen LogP contribution in [-0.2, 0) is 9.59 Å². The summed E-state index contributed by atoms with van der Waals surface area (Å²) in [5.41, 5.74) is 0.494. The number of aromatic hydroxyl groups is 2. The fourth-order valence-corrected chi connectivity index (χ4v) is 3.12. The molecule has 1 heterocycles. The largest absolute Gasteiger partial charge is 0.504 e. The van der Waals surface area contributed by atoms with E-state index in [1.807, 2.05) is 0 Å². The number of amides is 1. The van der Waals surface area contributed by atoms with Gasteiger partial charge in [0, 0.05) is 0 Å². The molecule has 8 heteroatoms. The van der Waals surface area contributed by atoms with Gasteiger partial charge >= 0.3 is 5.97 Å². The molecule has 1 saturated heterocycles. The maximum Gasteiger partial charge on any atom is 0.326 e. The SMILES string of the molecule is CC(C(=O)O)N1C(=O)/C(=C\c2ccc(O)c(O)c2)SC1=S. The van der Waals surface area contributed by atoms with Crippen LogP contribution in [-0.4, -0.2) is 42.5 Å². The minimum absolute atomic E-state index is 0.171. The zero-order valence-corrected chi connectivity index (χ0v) is 12.4. The zero-order chi connectivity index (χ0) is 15.7. The van der Waals surface area contributed by atoms with Gasteiger partial charge in [-0.15, -0.1) is 0 Å². The van der Waals surface area contributed by atoms with Gasteiger partial charge in [0.05, 0.1) is 4.91 Å². The second-order valence-electron chi connectivity index (χ2n) is 4.31. The van der Waals surface area contributed by atoms with E-state index in [0.29, 0.717) is 5.56 Å². The molecule has 1 aromatic rings. The van der Waals surface area contributed by atoms with Gasteiger partial charge in [-0.25, -0.2) is 4.79 Å². The summed E-state index contributed by atoms with van der Waals surface area (Å²) in [5, 5.41) is 27.6. The smallest absolute Gasteiger partial charge is 0.326 e. The Balaban J connectivity index is 2.32. The van der Waals surface area contributed by atoms with Gasteiger partial charge in [-0.1, -0.05) is 30.0 Å². The number of hydrogen-bond donors (Lipinski definition) is 3. The molecule has 2 rings (SSSR count). The molecule has 0 spiro atoms. The van der Waals surface area contributed by atoms with Crippen molar-refractivity contribution in [2.75, 3.05) is 0 Å². The Morgan fingerprint density at radius 1 is 1.38 bits per heavy atom. The fraction of sp³-hybridized carbons (Fsp3) is 0.154. The second kappa shape index (κ2) is 5.74. The van der Waals surface area contributed by atoms with E-state index in [9.17, 15) is 19.8 Å². The lowest BCUT2D eigenvalue weighted by atomic mass is 10.2. The molecule has 1 fully saturated rings. The highest BCUT2D eigenvalue weighted by atomic mass is 32.2. The summed E-state index contributed by atoms with van der Waals surface area (Å²) in [6, 6.07) is 3.06. The van der Waals surface area contributed by atoms with Gasteiger partial charge in [0.15, 0.2) is 11.5 Å². The lowest BCUT2D eigenvalue weighted by molar-refractivity contribution is -0.144. The number of phenols is 2. The van der Waals surface area contributed by atoms with Crippen molar-refractivity contribution in [1.29, 1.82) is 0 Å². The Morgan fingerprint density at radius 2 is 2.05 bits per heavy atom. The molecule has 0 bridgehead atoms. The van der Waals surface area contributed by atoms with Gasteiger partial charge in [0.1, 0.15) is 10.4 Å². The maximum absolute atomic E-state index is 12.2. The number of benzene rings is 1. The van der Waals surface area contributed by atoms with Crippen LogP contribution in [0.3, 0.4) is 0 Å². The standard InChI is InChI=1S/C13H11NO5S2/c1-6(12(18)19)14-11(17)10(21-13(14)20)5-7-2-3-8(15)9(16)4-7/h2-6,15-16H,1H3,(H,18,19)/b10-5+. The number of carboxylic acids is 1. The van der Waals surface area contributed by atoms with Crippen LogP contribution in [0.25, 0.3) is 6.08 Å². The Morgan fingerprint density at radius 3 is 2.62 bits per heavy atom. The van der Waals surface area contributed by atoms with Crippen molar-refractivity contribution in [2.24, 2.45) is 0 Å². The molecule has 0 aromatic heterocycles. The molecule has 1 aliphatic rings. The first-order valence-electron chi connectivity index (χ1n) is 5.83. The van der Waals surface area contributed by atoms with E-state index in [-0.39, 0.29) is 20.7 Å². The predicted octanol–water partition coefficient (Wildman–Crippen LogP) is 1.77. The topological polar surface area (TPSA) is 98.1 Å². The Hall–Kier alpha value is -2.06. The summed E-state index contributed by atoms with van der Waals surface area (Å²) in [7, 11) is 0. The molecule has 1 aliphatic heterocycles. The minimum Gasteiger partial charge on any atom is -0.504 e. The first-order chi connectivity index (χ1) is 9.81. The Bertz CT molecular complexity index is 671. The number of aliphatic carboxylic acids is 1. The van der Waals surface area contributed by atoms with Gasteiger partial charge in [-0.05, 0) is 30.7 Å². The molecule has 0 aliphatic carbocycles. The van der Waals surface area contributed by atoms with Crippen molar-refractivity contribution in [3.8, 4) is 11.5 Å². The van der Waals surface area contributed by atoms with Crippen LogP contribution in [0.2, 0.25) is 0 Å². The van der Waals surface area contributed by atoms with E-state index in [1.165, 1.54) is 31.2 Å². The van der Waals surface area contributed by atoms with E-state index in [2.05, 4.69) is 0 Å². The van der Waals surface area contributed by atoms with Gasteiger partial charge in [-0.2, -0.15) is 0 Å². The van der Waals surface area contributed by atoms with Crippen molar-refractivity contribution < 1.29 is 24.9 Å². The molecular weight excluding hydrogens is 314 g/mol. The summed E-state index contributed by atoms with van der Waals surface area (Å²) in [4.78, 5) is 24.5. The first-order valence-corrected chi connectivity index (χ1v) is 7.05. The number of hydrogen-bond acceptors (Lipinski definition) is 6. The minimum atomic E-state index is -1.14. The molecule has 21 heavy (non-hydrogen) atoms. The van der Waals surface area contributed by atoms with Gasteiger partial charge < -0.3 is 15.3 Å². The van der Waals surface area contributed by atoms with Crippen LogP contribution in [0.4, 0.5) is 0 Å². The fourth-order valence-electron chi connectivity index (χ4n) is 1.71. The molecule has 0 radical (unpaired) electrons. The van der Waals surface area contributed by atoms with Crippen LogP contribution in [0, 0.1) is 0 Å². The summed E-state index contributed by atoms with van der Waals surface area (Å²) < 4.78 is 0.171. The first kappa shape index (κ1) is 15.3. The van der Waals surface area contributed by atoms with Crippen molar-refractivity contribution in [3.05, 3.63) is 28.7 Å². The van der Waals surface area contributed by atoms with E-state index in [1.54, 1.807) is 0 Å². The van der Waals surface area contributed by atoms with Crippen LogP contribution in [0.15, 0.2) is 23.1 Å². The lowest BCUT2D eigenvalue weighted by Gasteiger charge is -2.18. The van der Waals surface area contributed by atoms with Crippen molar-refractivity contribution >= 4 is 46.3 Å². The number of rotatable bonds is 3. The number of phenolic OH excluding ortho intramolecular Hbond substituents is 2. The molecule has 6 nitrogen and oxygen atoms in total. The number of thioether (sulfide) groups is 1. The molecule has 110 valence electrons. The van der Waals surface area contributed by atoms with Crippen molar-refractivity contribution in [2.45, 2.75) is 13.0 Å². The van der Waals surface area contributed by atoms with E-state index in [4.69, 9.17) is 17.3 Å². The summed E-state index contributed by atoms with van der Waals surface area (Å²) in [5.74, 6) is -2.21. The van der Waals surface area contributed by atoms with Crippen molar-refractivity contribution in [1.82, 2.24) is 4.90 Å². The van der Waals surface area contributed by atoms with Crippen LogP contribution in [0.1, 0.15) is 12.5 Å². The molecule has 1 unspecified atom stereocenters. The Kier molecular flexibility index (Phi) is 4.19. The third kappa shape index (κ3) is 3.01. The monoisotopic (exact) mass is 325 g/mol. The van der Waals surface area contributed by atoms with Gasteiger partial charge in [-0.3, -0.25) is 9.69 Å². The quantitative estimate of drug-likeness (QED) is 0.442. The molecule has 3 N–H and O–H groups in total. The third-order valence-electron chi connectivity index (χ3n) is 2.87. The number of thiocarbonyl (C=S) groups is 1. The normalized spacial score (nSPS) is 18.3. The number of carbonyl (C=O) groups is 2. The maximum atomic E-state index is 12.2. The zero-order valence-electron chi connectivity index (χ0n) is 10.8. The number of carboxylic acid groups (broad SMARTS) is 1. The molecule has 1 aromatic carbocycles. The Labute approximate surface area is 129 Å². The third-order valence-corrected chi connectivity index (χ3v) is 4.20. The average molecular weight is 325 g/mol. The van der Waals surface area contributed by atoms with Crippen molar-refractivity contribution in [3.63, 3.8) is 0 Å². The van der Waals surface area contributed by atoms with Crippen LogP contribution >= 0.6 is 24.0 Å². The number of carbonyl (C=O) groups excluding carboxylic acids is 1. The summed E-state index contributed by atoms with van der Waals surface area (Å²) in [6.45, 7) is 1.38. The van der Waals surface area contributed by atoms with Gasteiger partial charge in [0.25, 0.3) is 5.91 Å². The highest BCUT2D eigenvalue weighted by Gasteiger charge is 2.38. The average Bonchev–Trinajstić information content (AvgIpc) is 2.68.